The molecule has 67 heavy (non-hydrogen) atoms. The molecule has 0 aromatic heterocycles. The number of rotatable bonds is 6. The van der Waals surface area contributed by atoms with Crippen LogP contribution in [0.4, 0.5) is 26.3 Å². The normalized spacial score (nSPS) is 34.9. The Bertz CT molecular complexity index is 2800. The zero-order valence-electron chi connectivity index (χ0n) is 39.5. The molecular formula is C61H58F6. The number of halogens is 6. The maximum atomic E-state index is 13.7. The van der Waals surface area contributed by atoms with E-state index in [0.29, 0.717) is 17.5 Å². The number of hydrogen-bond acceptors (Lipinski definition) is 0. The Morgan fingerprint density at radius 3 is 1.24 bits per heavy atom. The van der Waals surface area contributed by atoms with Crippen molar-refractivity contribution < 1.29 is 26.3 Å². The Balaban J connectivity index is 1.29. The van der Waals surface area contributed by atoms with Gasteiger partial charge in [-0.3, -0.25) is 0 Å². The van der Waals surface area contributed by atoms with E-state index < -0.39 is 45.1 Å². The monoisotopic (exact) mass is 904 g/mol. The van der Waals surface area contributed by atoms with Gasteiger partial charge in [0.1, 0.15) is 0 Å². The third-order valence-corrected chi connectivity index (χ3v) is 20.0. The molecule has 9 unspecified atom stereocenters. The van der Waals surface area contributed by atoms with Crippen molar-refractivity contribution in [3.63, 3.8) is 0 Å². The fourth-order valence-corrected chi connectivity index (χ4v) is 15.9. The van der Waals surface area contributed by atoms with Crippen LogP contribution >= 0.6 is 0 Å². The molecule has 4 aromatic rings. The van der Waals surface area contributed by atoms with Crippen molar-refractivity contribution in [3.05, 3.63) is 216 Å². The second-order valence-electron chi connectivity index (χ2n) is 21.5. The van der Waals surface area contributed by atoms with Gasteiger partial charge in [0.2, 0.25) is 0 Å². The van der Waals surface area contributed by atoms with Crippen LogP contribution in [0.15, 0.2) is 193 Å². The number of hydrogen-bond donors (Lipinski definition) is 0. The molecule has 2 fully saturated rings. The molecule has 0 heterocycles. The third-order valence-electron chi connectivity index (χ3n) is 20.0. The second kappa shape index (κ2) is 14.5. The Labute approximate surface area is 392 Å². The fraction of sp³-hybridized carbons (Fsp3) is 0.344. The molecule has 0 aliphatic heterocycles. The van der Waals surface area contributed by atoms with Gasteiger partial charge in [0, 0.05) is 32.5 Å². The maximum Gasteiger partial charge on any atom is 0.416 e. The molecule has 0 bridgehead atoms. The van der Waals surface area contributed by atoms with E-state index in [9.17, 15) is 26.3 Å². The molecule has 6 aliphatic rings. The molecule has 0 radical (unpaired) electrons. The molecular weight excluding hydrogens is 847 g/mol. The molecule has 6 aliphatic carbocycles. The Kier molecular flexibility index (Phi) is 9.74. The zero-order chi connectivity index (χ0) is 47.8. The van der Waals surface area contributed by atoms with Crippen LogP contribution < -0.4 is 0 Å². The molecule has 9 atom stereocenters. The smallest absolute Gasteiger partial charge is 0.166 e. The van der Waals surface area contributed by atoms with Gasteiger partial charge in [-0.2, -0.15) is 26.3 Å². The molecule has 4 aromatic carbocycles. The van der Waals surface area contributed by atoms with Crippen LogP contribution in [0.1, 0.15) is 84.1 Å². The molecule has 0 nitrogen and oxygen atoms in total. The van der Waals surface area contributed by atoms with Crippen LogP contribution in [0.2, 0.25) is 0 Å². The van der Waals surface area contributed by atoms with Crippen LogP contribution in [-0.2, 0) is 17.8 Å². The first-order valence-corrected chi connectivity index (χ1v) is 23.5. The van der Waals surface area contributed by atoms with Crippen molar-refractivity contribution in [2.45, 2.75) is 79.6 Å². The van der Waals surface area contributed by atoms with Crippen LogP contribution in [0, 0.1) is 49.7 Å². The Morgan fingerprint density at radius 2 is 0.836 bits per heavy atom. The van der Waals surface area contributed by atoms with Crippen molar-refractivity contribution >= 4 is 0 Å². The second-order valence-corrected chi connectivity index (χ2v) is 21.5. The van der Waals surface area contributed by atoms with Gasteiger partial charge in [0.15, 0.2) is 0 Å². The summed E-state index contributed by atoms with van der Waals surface area (Å²) in [5, 5.41) is 0. The van der Waals surface area contributed by atoms with Crippen molar-refractivity contribution in [1.29, 1.82) is 0 Å². The maximum absolute atomic E-state index is 13.7. The van der Waals surface area contributed by atoms with E-state index in [1.807, 2.05) is 0 Å². The molecule has 2 saturated carbocycles. The molecule has 0 saturated heterocycles. The van der Waals surface area contributed by atoms with Crippen LogP contribution in [0.5, 0.6) is 0 Å². The largest absolute Gasteiger partial charge is 0.416 e. The lowest BCUT2D eigenvalue weighted by atomic mass is 9.22. The molecule has 344 valence electrons. The van der Waals surface area contributed by atoms with Crippen LogP contribution in [-0.4, -0.2) is 0 Å². The number of allylic oxidation sites excluding steroid dienone is 16. The van der Waals surface area contributed by atoms with Crippen molar-refractivity contribution in [1.82, 2.24) is 0 Å². The summed E-state index contributed by atoms with van der Waals surface area (Å²) < 4.78 is 82.2. The first kappa shape index (κ1) is 45.2. The summed E-state index contributed by atoms with van der Waals surface area (Å²) in [5.41, 5.74) is 2.70. The summed E-state index contributed by atoms with van der Waals surface area (Å²) >= 11 is 0. The fourth-order valence-electron chi connectivity index (χ4n) is 15.9. The number of fused-ring (bicyclic) bond motifs is 8. The van der Waals surface area contributed by atoms with Gasteiger partial charge in [-0.15, -0.1) is 0 Å². The third kappa shape index (κ3) is 5.45. The van der Waals surface area contributed by atoms with E-state index in [1.165, 1.54) is 11.1 Å². The summed E-state index contributed by atoms with van der Waals surface area (Å²) in [6.45, 7) is 20.1. The van der Waals surface area contributed by atoms with Gasteiger partial charge in [-0.1, -0.05) is 217 Å². The predicted octanol–water partition coefficient (Wildman–Crippen LogP) is 17.3. The average molecular weight is 905 g/mol. The summed E-state index contributed by atoms with van der Waals surface area (Å²) in [5.74, 6) is -0.118. The topological polar surface area (TPSA) is 0 Å². The van der Waals surface area contributed by atoms with Crippen LogP contribution in [0.3, 0.4) is 0 Å². The van der Waals surface area contributed by atoms with Gasteiger partial charge in [0.05, 0.1) is 11.1 Å². The van der Waals surface area contributed by atoms with Crippen molar-refractivity contribution in [2.24, 2.45) is 49.7 Å². The standard InChI is InChI=1S/C61H58F6/c1-40-16-15-19-50-51(57(7)54(4)38-13-11-36-52(54,2)53(3)37-12-14-39-55(53,5)58(57,8)56(40,50)6)59(45-17-9-10-18-45,46-28-20-41(21-29-46)43-24-32-48(33-25-43)60(62,63)64)47-30-22-42(23-31-47)44-26-34-49(35-27-44)61(65,66)67/h9-17,19-39,50-51H,18H2,1-8H3. The first-order valence-electron chi connectivity index (χ1n) is 23.5. The van der Waals surface area contributed by atoms with Gasteiger partial charge >= 0.3 is 12.4 Å². The minimum Gasteiger partial charge on any atom is -0.166 e. The lowest BCUT2D eigenvalue weighted by Gasteiger charge is -2.80. The molecule has 0 amide bonds. The minimum absolute atomic E-state index is 0.00274. The number of benzene rings is 4. The molecule has 10 rings (SSSR count). The highest BCUT2D eigenvalue weighted by molar-refractivity contribution is 5.69. The lowest BCUT2D eigenvalue weighted by molar-refractivity contribution is -0.275. The predicted molar refractivity (Wildman–Crippen MR) is 260 cm³/mol. The highest BCUT2D eigenvalue weighted by Gasteiger charge is 2.88. The van der Waals surface area contributed by atoms with E-state index in [4.69, 9.17) is 0 Å². The molecule has 6 heteroatoms. The van der Waals surface area contributed by atoms with E-state index in [0.717, 1.165) is 46.5 Å². The highest BCUT2D eigenvalue weighted by atomic mass is 19.4. The van der Waals surface area contributed by atoms with E-state index in [2.05, 4.69) is 189 Å². The highest BCUT2D eigenvalue weighted by Crippen LogP contribution is 2.92. The summed E-state index contributed by atoms with van der Waals surface area (Å²) in [4.78, 5) is 0. The van der Waals surface area contributed by atoms with Crippen LogP contribution in [0.25, 0.3) is 22.3 Å². The zero-order valence-corrected chi connectivity index (χ0v) is 39.5. The Morgan fingerprint density at radius 1 is 0.448 bits per heavy atom. The SMILES string of the molecule is CC1=CC=CC2C(C(C3=CC=CC3)(c3ccc(-c4ccc(C(F)(F)F)cc4)cc3)c3ccc(-c4ccc(C(F)(F)F)cc4)cc3)C3(C)C4(C)C=CC=CC4(C)C4(C)C=CC=CC4(C)C3(C)C12C. The lowest BCUT2D eigenvalue weighted by Crippen LogP contribution is -2.76. The number of alkyl halides is 6. The van der Waals surface area contributed by atoms with Gasteiger partial charge in [-0.25, -0.2) is 0 Å². The van der Waals surface area contributed by atoms with E-state index >= 15 is 0 Å². The van der Waals surface area contributed by atoms with E-state index in [1.54, 1.807) is 24.3 Å². The van der Waals surface area contributed by atoms with E-state index in [-0.39, 0.29) is 33.5 Å². The summed E-state index contributed by atoms with van der Waals surface area (Å²) in [6, 6.07) is 27.8. The van der Waals surface area contributed by atoms with Gasteiger partial charge in [0.25, 0.3) is 0 Å². The van der Waals surface area contributed by atoms with Crippen molar-refractivity contribution in [2.75, 3.05) is 0 Å². The Hall–Kier alpha value is -5.62. The quantitative estimate of drug-likeness (QED) is 0.169. The molecule has 0 N–H and O–H groups in total. The summed E-state index contributed by atoms with van der Waals surface area (Å²) in [7, 11) is 0. The van der Waals surface area contributed by atoms with Gasteiger partial charge < -0.3 is 0 Å². The first-order chi connectivity index (χ1) is 31.5. The van der Waals surface area contributed by atoms with Crippen molar-refractivity contribution in [3.8, 4) is 22.3 Å². The minimum atomic E-state index is -4.44. The average Bonchev–Trinajstić information content (AvgIpc) is 3.91. The summed E-state index contributed by atoms with van der Waals surface area (Å²) in [6.07, 6.45) is 24.6. The molecule has 0 spiro atoms. The van der Waals surface area contributed by atoms with Gasteiger partial charge in [-0.05, 0) is 93.7 Å².